The second-order valence-corrected chi connectivity index (χ2v) is 7.26. The fraction of sp³-hybridized carbons (Fsp3) is 0.500. The lowest BCUT2D eigenvalue weighted by molar-refractivity contribution is -0.0924. The predicted molar refractivity (Wildman–Crippen MR) is 98.6 cm³/mol. The van der Waals surface area contributed by atoms with Crippen LogP contribution in [0.3, 0.4) is 0 Å². The van der Waals surface area contributed by atoms with Crippen molar-refractivity contribution < 1.29 is 4.74 Å². The number of hydrogen-bond donors (Lipinski definition) is 0. The van der Waals surface area contributed by atoms with E-state index in [9.17, 15) is 0 Å². The summed E-state index contributed by atoms with van der Waals surface area (Å²) in [5, 5.41) is 0. The van der Waals surface area contributed by atoms with E-state index in [-0.39, 0.29) is 5.60 Å². The number of nitrogens with zero attached hydrogens (tertiary/aromatic N) is 4. The third kappa shape index (κ3) is 3.83. The molecule has 132 valence electrons. The van der Waals surface area contributed by atoms with E-state index in [0.717, 1.165) is 58.1 Å². The molecule has 0 N–H and O–H groups in total. The molecule has 0 saturated carbocycles. The maximum absolute atomic E-state index is 6.25. The monoisotopic (exact) mass is 338 g/mol. The molecule has 2 aromatic rings. The van der Waals surface area contributed by atoms with Gasteiger partial charge in [-0.05, 0) is 31.4 Å². The largest absolute Gasteiger partial charge is 0.371 e. The molecule has 5 nitrogen and oxygen atoms in total. The van der Waals surface area contributed by atoms with E-state index in [1.165, 1.54) is 11.1 Å². The zero-order valence-corrected chi connectivity index (χ0v) is 14.9. The number of aromatic nitrogens is 2. The summed E-state index contributed by atoms with van der Waals surface area (Å²) in [6.07, 6.45) is 5.77. The minimum atomic E-state index is -0.0404. The molecule has 5 heteroatoms. The summed E-state index contributed by atoms with van der Waals surface area (Å²) in [6, 6.07) is 10.7. The summed E-state index contributed by atoms with van der Waals surface area (Å²) in [5.41, 5.74) is 2.67. The van der Waals surface area contributed by atoms with Crippen molar-refractivity contribution >= 4 is 5.95 Å². The van der Waals surface area contributed by atoms with Gasteiger partial charge in [-0.25, -0.2) is 9.97 Å². The van der Waals surface area contributed by atoms with Crippen molar-refractivity contribution in [3.63, 3.8) is 0 Å². The van der Waals surface area contributed by atoms with E-state index >= 15 is 0 Å². The number of benzene rings is 1. The number of rotatable bonds is 3. The fourth-order valence-corrected chi connectivity index (χ4v) is 3.84. The van der Waals surface area contributed by atoms with Crippen LogP contribution in [0.15, 0.2) is 42.7 Å². The molecule has 2 saturated heterocycles. The Hall–Kier alpha value is -1.98. The van der Waals surface area contributed by atoms with Gasteiger partial charge in [0.2, 0.25) is 5.95 Å². The number of morpholine rings is 1. The lowest BCUT2D eigenvalue weighted by Gasteiger charge is -2.47. The van der Waals surface area contributed by atoms with Crippen LogP contribution in [-0.4, -0.2) is 53.3 Å². The van der Waals surface area contributed by atoms with Gasteiger partial charge in [0.05, 0.1) is 18.8 Å². The van der Waals surface area contributed by atoms with E-state index in [0.29, 0.717) is 0 Å². The molecule has 1 spiro atoms. The highest BCUT2D eigenvalue weighted by molar-refractivity contribution is 5.30. The number of piperidine rings is 1. The summed E-state index contributed by atoms with van der Waals surface area (Å²) in [5.74, 6) is 0.826. The van der Waals surface area contributed by atoms with Gasteiger partial charge in [-0.2, -0.15) is 0 Å². The molecule has 0 unspecified atom stereocenters. The molecule has 0 aliphatic carbocycles. The molecule has 1 aromatic heterocycles. The first-order valence-corrected chi connectivity index (χ1v) is 9.16. The highest BCUT2D eigenvalue weighted by Gasteiger charge is 2.40. The van der Waals surface area contributed by atoms with Gasteiger partial charge in [0.15, 0.2) is 0 Å². The summed E-state index contributed by atoms with van der Waals surface area (Å²) in [6.45, 7) is 7.86. The molecular weight excluding hydrogens is 312 g/mol. The van der Waals surface area contributed by atoms with Crippen LogP contribution in [0.1, 0.15) is 24.0 Å². The van der Waals surface area contributed by atoms with Crippen molar-refractivity contribution in [1.82, 2.24) is 14.9 Å². The number of hydrogen-bond acceptors (Lipinski definition) is 5. The topological polar surface area (TPSA) is 41.5 Å². The zero-order valence-electron chi connectivity index (χ0n) is 14.9. The second-order valence-electron chi connectivity index (χ2n) is 7.26. The Labute approximate surface area is 149 Å². The van der Waals surface area contributed by atoms with Crippen molar-refractivity contribution in [2.45, 2.75) is 31.9 Å². The van der Waals surface area contributed by atoms with Gasteiger partial charge >= 0.3 is 0 Å². The Bertz CT molecular complexity index is 681. The van der Waals surface area contributed by atoms with Crippen molar-refractivity contribution in [2.24, 2.45) is 0 Å². The van der Waals surface area contributed by atoms with Crippen LogP contribution < -0.4 is 4.90 Å². The highest BCUT2D eigenvalue weighted by atomic mass is 16.5. The predicted octanol–water partition coefficient (Wildman–Crippen LogP) is 2.66. The first-order chi connectivity index (χ1) is 12.2. The van der Waals surface area contributed by atoms with Crippen LogP contribution in [0.2, 0.25) is 0 Å². The molecule has 0 radical (unpaired) electrons. The fourth-order valence-electron chi connectivity index (χ4n) is 3.84. The van der Waals surface area contributed by atoms with E-state index in [1.807, 2.05) is 18.5 Å². The smallest absolute Gasteiger partial charge is 0.225 e. The Morgan fingerprint density at radius 3 is 2.48 bits per heavy atom. The van der Waals surface area contributed by atoms with Gasteiger partial charge < -0.3 is 9.64 Å². The van der Waals surface area contributed by atoms with E-state index in [4.69, 9.17) is 4.74 Å². The van der Waals surface area contributed by atoms with Crippen molar-refractivity contribution in [3.05, 3.63) is 53.9 Å². The maximum Gasteiger partial charge on any atom is 0.225 e. The number of anilines is 1. The SMILES string of the molecule is Cc1ccc(CN2CCC3(CC2)CN(c2ncccn2)CCO3)cc1. The summed E-state index contributed by atoms with van der Waals surface area (Å²) in [4.78, 5) is 13.6. The van der Waals surface area contributed by atoms with E-state index in [1.54, 1.807) is 0 Å². The molecule has 2 fully saturated rings. The molecule has 3 heterocycles. The molecule has 25 heavy (non-hydrogen) atoms. The standard InChI is InChI=1S/C20H26N4O/c1-17-3-5-18(6-4-17)15-23-11-7-20(8-12-23)16-24(13-14-25-20)19-21-9-2-10-22-19/h2-6,9-10H,7-8,11-16H2,1H3. The minimum absolute atomic E-state index is 0.0404. The Morgan fingerprint density at radius 2 is 1.76 bits per heavy atom. The van der Waals surface area contributed by atoms with Crippen LogP contribution in [0, 0.1) is 6.92 Å². The molecule has 0 amide bonds. The normalized spacial score (nSPS) is 20.8. The molecule has 0 bridgehead atoms. The van der Waals surface area contributed by atoms with Crippen LogP contribution in [0.25, 0.3) is 0 Å². The van der Waals surface area contributed by atoms with E-state index < -0.39 is 0 Å². The van der Waals surface area contributed by atoms with Crippen LogP contribution in [0.5, 0.6) is 0 Å². The van der Waals surface area contributed by atoms with Gasteiger partial charge in [0.1, 0.15) is 0 Å². The van der Waals surface area contributed by atoms with Crippen molar-refractivity contribution in [3.8, 4) is 0 Å². The highest BCUT2D eigenvalue weighted by Crippen LogP contribution is 2.31. The average molecular weight is 338 g/mol. The van der Waals surface area contributed by atoms with Crippen LogP contribution >= 0.6 is 0 Å². The minimum Gasteiger partial charge on any atom is -0.371 e. The molecular formula is C20H26N4O. The van der Waals surface area contributed by atoms with Crippen LogP contribution in [0.4, 0.5) is 5.95 Å². The summed E-state index contributed by atoms with van der Waals surface area (Å²) >= 11 is 0. The Balaban J connectivity index is 1.36. The first-order valence-electron chi connectivity index (χ1n) is 9.16. The number of ether oxygens (including phenoxy) is 1. The third-order valence-electron chi connectivity index (χ3n) is 5.38. The summed E-state index contributed by atoms with van der Waals surface area (Å²) < 4.78 is 6.25. The molecule has 0 atom stereocenters. The lowest BCUT2D eigenvalue weighted by atomic mass is 9.89. The van der Waals surface area contributed by atoms with E-state index in [2.05, 4.69) is 51.0 Å². The quantitative estimate of drug-likeness (QED) is 0.861. The first kappa shape index (κ1) is 16.5. The Morgan fingerprint density at radius 1 is 1.04 bits per heavy atom. The molecule has 2 aliphatic rings. The van der Waals surface area contributed by atoms with Crippen molar-refractivity contribution in [2.75, 3.05) is 37.7 Å². The molecule has 1 aromatic carbocycles. The van der Waals surface area contributed by atoms with Gasteiger partial charge in [0.25, 0.3) is 0 Å². The van der Waals surface area contributed by atoms with Gasteiger partial charge in [0, 0.05) is 38.6 Å². The second kappa shape index (κ2) is 7.10. The lowest BCUT2D eigenvalue weighted by Crippen LogP contribution is -2.57. The number of likely N-dealkylation sites (tertiary alicyclic amines) is 1. The summed E-state index contributed by atoms with van der Waals surface area (Å²) in [7, 11) is 0. The van der Waals surface area contributed by atoms with Gasteiger partial charge in [-0.15, -0.1) is 0 Å². The molecule has 2 aliphatic heterocycles. The average Bonchev–Trinajstić information content (AvgIpc) is 2.67. The van der Waals surface area contributed by atoms with Gasteiger partial charge in [-0.1, -0.05) is 29.8 Å². The number of aryl methyl sites for hydroxylation is 1. The van der Waals surface area contributed by atoms with Gasteiger partial charge in [-0.3, -0.25) is 4.90 Å². The molecule has 4 rings (SSSR count). The third-order valence-corrected chi connectivity index (χ3v) is 5.38. The zero-order chi connectivity index (χ0) is 17.1. The Kier molecular flexibility index (Phi) is 4.68. The van der Waals surface area contributed by atoms with Crippen molar-refractivity contribution in [1.29, 1.82) is 0 Å². The van der Waals surface area contributed by atoms with Crippen LogP contribution in [-0.2, 0) is 11.3 Å². The maximum atomic E-state index is 6.25.